The molecule has 0 aliphatic rings. The standard InChI is InChI=1S/C11H16FN/c1-5-10-11(7(2)3)8(4)9(12)6-13-10/h6-7H,5H2,1-4H3. The molecule has 0 aliphatic carbocycles. The van der Waals surface area contributed by atoms with Crippen molar-refractivity contribution < 1.29 is 4.39 Å². The first-order chi connectivity index (χ1) is 6.07. The minimum atomic E-state index is -0.194. The van der Waals surface area contributed by atoms with Crippen molar-refractivity contribution >= 4 is 0 Å². The summed E-state index contributed by atoms with van der Waals surface area (Å²) in [6.07, 6.45) is 2.19. The highest BCUT2D eigenvalue weighted by Crippen LogP contribution is 2.23. The van der Waals surface area contributed by atoms with E-state index in [-0.39, 0.29) is 5.82 Å². The van der Waals surface area contributed by atoms with Crippen molar-refractivity contribution in [1.29, 1.82) is 0 Å². The normalized spacial score (nSPS) is 10.9. The van der Waals surface area contributed by atoms with Crippen LogP contribution in [0.3, 0.4) is 0 Å². The Morgan fingerprint density at radius 2 is 2.08 bits per heavy atom. The molecule has 1 aromatic heterocycles. The van der Waals surface area contributed by atoms with Gasteiger partial charge in [0.15, 0.2) is 0 Å². The SMILES string of the molecule is CCc1ncc(F)c(C)c1C(C)C. The predicted molar refractivity (Wildman–Crippen MR) is 52.4 cm³/mol. The van der Waals surface area contributed by atoms with Gasteiger partial charge in [0.25, 0.3) is 0 Å². The fourth-order valence-electron chi connectivity index (χ4n) is 1.69. The fourth-order valence-corrected chi connectivity index (χ4v) is 1.69. The van der Waals surface area contributed by atoms with Crippen molar-refractivity contribution in [1.82, 2.24) is 4.98 Å². The zero-order valence-corrected chi connectivity index (χ0v) is 8.69. The lowest BCUT2D eigenvalue weighted by atomic mass is 9.95. The van der Waals surface area contributed by atoms with Crippen LogP contribution in [0.4, 0.5) is 4.39 Å². The van der Waals surface area contributed by atoms with Crippen LogP contribution in [-0.4, -0.2) is 4.98 Å². The minimum absolute atomic E-state index is 0.194. The molecule has 0 saturated carbocycles. The molecule has 13 heavy (non-hydrogen) atoms. The predicted octanol–water partition coefficient (Wildman–Crippen LogP) is 3.21. The molecular weight excluding hydrogens is 165 g/mol. The lowest BCUT2D eigenvalue weighted by Crippen LogP contribution is -2.04. The highest BCUT2D eigenvalue weighted by atomic mass is 19.1. The summed E-state index contributed by atoms with van der Waals surface area (Å²) in [4.78, 5) is 4.10. The number of aryl methyl sites for hydroxylation is 1. The van der Waals surface area contributed by atoms with Gasteiger partial charge in [-0.1, -0.05) is 20.8 Å². The van der Waals surface area contributed by atoms with Gasteiger partial charge in [-0.2, -0.15) is 0 Å². The van der Waals surface area contributed by atoms with Crippen LogP contribution in [0.2, 0.25) is 0 Å². The quantitative estimate of drug-likeness (QED) is 0.682. The van der Waals surface area contributed by atoms with Crippen LogP contribution in [0.1, 0.15) is 43.5 Å². The van der Waals surface area contributed by atoms with E-state index in [0.29, 0.717) is 5.92 Å². The van der Waals surface area contributed by atoms with Gasteiger partial charge in [0.2, 0.25) is 0 Å². The first-order valence-electron chi connectivity index (χ1n) is 4.71. The molecule has 0 spiro atoms. The summed E-state index contributed by atoms with van der Waals surface area (Å²) in [5.74, 6) is 0.152. The summed E-state index contributed by atoms with van der Waals surface area (Å²) in [5.41, 5.74) is 2.85. The maximum absolute atomic E-state index is 13.2. The van der Waals surface area contributed by atoms with Crippen LogP contribution < -0.4 is 0 Å². The van der Waals surface area contributed by atoms with Crippen LogP contribution in [0, 0.1) is 12.7 Å². The Balaban J connectivity index is 3.32. The number of halogens is 1. The topological polar surface area (TPSA) is 12.9 Å². The second-order valence-corrected chi connectivity index (χ2v) is 3.60. The van der Waals surface area contributed by atoms with E-state index in [0.717, 1.165) is 23.2 Å². The third-order valence-corrected chi connectivity index (χ3v) is 2.32. The summed E-state index contributed by atoms with van der Waals surface area (Å²) in [6, 6.07) is 0. The van der Waals surface area contributed by atoms with Crippen LogP contribution >= 0.6 is 0 Å². The van der Waals surface area contributed by atoms with Gasteiger partial charge in [0.1, 0.15) is 5.82 Å². The number of nitrogens with zero attached hydrogens (tertiary/aromatic N) is 1. The Bertz CT molecular complexity index is 305. The molecule has 1 nitrogen and oxygen atoms in total. The van der Waals surface area contributed by atoms with Crippen molar-refractivity contribution in [3.05, 3.63) is 28.8 Å². The molecule has 1 aromatic rings. The van der Waals surface area contributed by atoms with Crippen LogP contribution in [0.25, 0.3) is 0 Å². The van der Waals surface area contributed by atoms with E-state index in [1.807, 2.05) is 13.8 Å². The van der Waals surface area contributed by atoms with Gasteiger partial charge in [0, 0.05) is 5.69 Å². The van der Waals surface area contributed by atoms with E-state index in [1.165, 1.54) is 6.20 Å². The molecule has 0 saturated heterocycles. The van der Waals surface area contributed by atoms with E-state index >= 15 is 0 Å². The number of hydrogen-bond donors (Lipinski definition) is 0. The Morgan fingerprint density at radius 1 is 1.46 bits per heavy atom. The molecule has 0 radical (unpaired) electrons. The average Bonchev–Trinajstić information content (AvgIpc) is 2.08. The molecule has 0 fully saturated rings. The second-order valence-electron chi connectivity index (χ2n) is 3.60. The Hall–Kier alpha value is -0.920. The molecule has 1 heterocycles. The summed E-state index contributed by atoms with van der Waals surface area (Å²) >= 11 is 0. The fraction of sp³-hybridized carbons (Fsp3) is 0.545. The highest BCUT2D eigenvalue weighted by Gasteiger charge is 2.12. The first kappa shape index (κ1) is 10.2. The molecular formula is C11H16FN. The smallest absolute Gasteiger partial charge is 0.144 e. The zero-order valence-electron chi connectivity index (χ0n) is 8.69. The Morgan fingerprint density at radius 3 is 2.54 bits per heavy atom. The Labute approximate surface area is 79.0 Å². The molecule has 0 atom stereocenters. The largest absolute Gasteiger partial charge is 0.258 e. The third kappa shape index (κ3) is 1.87. The molecule has 2 heteroatoms. The summed E-state index contributed by atoms with van der Waals surface area (Å²) in [6.45, 7) is 8.02. The molecule has 0 N–H and O–H groups in total. The van der Waals surface area contributed by atoms with Gasteiger partial charge in [-0.3, -0.25) is 4.98 Å². The van der Waals surface area contributed by atoms with Crippen LogP contribution in [-0.2, 0) is 6.42 Å². The molecule has 72 valence electrons. The maximum atomic E-state index is 13.2. The summed E-state index contributed by atoms with van der Waals surface area (Å²) < 4.78 is 13.2. The molecule has 0 amide bonds. The maximum Gasteiger partial charge on any atom is 0.144 e. The van der Waals surface area contributed by atoms with E-state index in [4.69, 9.17) is 0 Å². The number of rotatable bonds is 2. The molecule has 0 aromatic carbocycles. The highest BCUT2D eigenvalue weighted by molar-refractivity contribution is 5.32. The number of pyridine rings is 1. The minimum Gasteiger partial charge on any atom is -0.258 e. The van der Waals surface area contributed by atoms with Crippen molar-refractivity contribution in [2.45, 2.75) is 40.0 Å². The van der Waals surface area contributed by atoms with Gasteiger partial charge >= 0.3 is 0 Å². The van der Waals surface area contributed by atoms with E-state index in [1.54, 1.807) is 0 Å². The number of hydrogen-bond acceptors (Lipinski definition) is 1. The van der Waals surface area contributed by atoms with Crippen molar-refractivity contribution in [3.63, 3.8) is 0 Å². The summed E-state index contributed by atoms with van der Waals surface area (Å²) in [7, 11) is 0. The van der Waals surface area contributed by atoms with Gasteiger partial charge in [-0.15, -0.1) is 0 Å². The van der Waals surface area contributed by atoms with Gasteiger partial charge in [-0.05, 0) is 30.4 Å². The van der Waals surface area contributed by atoms with Crippen LogP contribution in [0.5, 0.6) is 0 Å². The molecule has 1 rings (SSSR count). The average molecular weight is 181 g/mol. The third-order valence-electron chi connectivity index (χ3n) is 2.32. The molecule has 0 unspecified atom stereocenters. The monoisotopic (exact) mass is 181 g/mol. The van der Waals surface area contributed by atoms with E-state index in [9.17, 15) is 4.39 Å². The lowest BCUT2D eigenvalue weighted by molar-refractivity contribution is 0.601. The lowest BCUT2D eigenvalue weighted by Gasteiger charge is -2.14. The molecule has 0 bridgehead atoms. The molecule has 0 aliphatic heterocycles. The van der Waals surface area contributed by atoms with Crippen LogP contribution in [0.15, 0.2) is 6.20 Å². The van der Waals surface area contributed by atoms with Crippen molar-refractivity contribution in [2.75, 3.05) is 0 Å². The van der Waals surface area contributed by atoms with Gasteiger partial charge < -0.3 is 0 Å². The van der Waals surface area contributed by atoms with Crippen molar-refractivity contribution in [3.8, 4) is 0 Å². The van der Waals surface area contributed by atoms with E-state index < -0.39 is 0 Å². The van der Waals surface area contributed by atoms with Gasteiger partial charge in [-0.25, -0.2) is 4.39 Å². The summed E-state index contributed by atoms with van der Waals surface area (Å²) in [5, 5.41) is 0. The Kier molecular flexibility index (Phi) is 3.02. The van der Waals surface area contributed by atoms with Gasteiger partial charge in [0.05, 0.1) is 6.20 Å². The van der Waals surface area contributed by atoms with Crippen molar-refractivity contribution in [2.24, 2.45) is 0 Å². The number of aromatic nitrogens is 1. The second kappa shape index (κ2) is 3.86. The zero-order chi connectivity index (χ0) is 10.0. The van der Waals surface area contributed by atoms with E-state index in [2.05, 4.69) is 18.8 Å². The first-order valence-corrected chi connectivity index (χ1v) is 4.71.